The molecule has 1 heterocycles. The SMILES string of the molecule is CCc1ccc(NC(=O)CSCc2ccccn2)cc1[N+](=O)[O-]. The molecule has 120 valence electrons. The predicted molar refractivity (Wildman–Crippen MR) is 91.5 cm³/mol. The highest BCUT2D eigenvalue weighted by Gasteiger charge is 2.14. The Labute approximate surface area is 138 Å². The molecule has 1 aromatic carbocycles. The average Bonchev–Trinajstić information content (AvgIpc) is 2.55. The van der Waals surface area contributed by atoms with Gasteiger partial charge in [-0.15, -0.1) is 11.8 Å². The first-order valence-corrected chi connectivity index (χ1v) is 8.30. The van der Waals surface area contributed by atoms with Crippen LogP contribution < -0.4 is 5.32 Å². The third kappa shape index (κ3) is 5.07. The second kappa shape index (κ2) is 8.28. The highest BCUT2D eigenvalue weighted by molar-refractivity contribution is 7.99. The Morgan fingerprint density at radius 2 is 2.17 bits per heavy atom. The van der Waals surface area contributed by atoms with Gasteiger partial charge in [0.2, 0.25) is 5.91 Å². The summed E-state index contributed by atoms with van der Waals surface area (Å²) in [6.45, 7) is 1.86. The standard InChI is InChI=1S/C16H17N3O3S/c1-2-12-6-7-13(9-15(12)19(21)22)18-16(20)11-23-10-14-5-3-4-8-17-14/h3-9H,2,10-11H2,1H3,(H,18,20). The number of amides is 1. The first-order valence-electron chi connectivity index (χ1n) is 7.15. The number of nitro groups is 1. The fourth-order valence-electron chi connectivity index (χ4n) is 2.04. The second-order valence-corrected chi connectivity index (χ2v) is 5.80. The Balaban J connectivity index is 1.90. The number of carbonyl (C=O) groups is 1. The minimum Gasteiger partial charge on any atom is -0.325 e. The van der Waals surface area contributed by atoms with Gasteiger partial charge in [-0.3, -0.25) is 19.9 Å². The number of thioether (sulfide) groups is 1. The molecule has 1 N–H and O–H groups in total. The third-order valence-corrected chi connectivity index (χ3v) is 4.12. The van der Waals surface area contributed by atoms with Crippen LogP contribution in [-0.4, -0.2) is 21.6 Å². The van der Waals surface area contributed by atoms with Crippen molar-refractivity contribution >= 4 is 29.0 Å². The largest absolute Gasteiger partial charge is 0.325 e. The highest BCUT2D eigenvalue weighted by atomic mass is 32.2. The Morgan fingerprint density at radius 3 is 2.83 bits per heavy atom. The molecule has 0 atom stereocenters. The van der Waals surface area contributed by atoms with Gasteiger partial charge in [0.25, 0.3) is 5.69 Å². The molecule has 1 amide bonds. The van der Waals surface area contributed by atoms with E-state index in [9.17, 15) is 14.9 Å². The lowest BCUT2D eigenvalue weighted by molar-refractivity contribution is -0.385. The van der Waals surface area contributed by atoms with Gasteiger partial charge in [0.05, 0.1) is 16.4 Å². The van der Waals surface area contributed by atoms with Crippen molar-refractivity contribution in [2.24, 2.45) is 0 Å². The van der Waals surface area contributed by atoms with Gasteiger partial charge in [0, 0.05) is 29.3 Å². The predicted octanol–water partition coefficient (Wildman–Crippen LogP) is 3.42. The molecular formula is C16H17N3O3S. The quantitative estimate of drug-likeness (QED) is 0.620. The van der Waals surface area contributed by atoms with Crippen LogP contribution in [0.3, 0.4) is 0 Å². The number of nitro benzene ring substituents is 1. The van der Waals surface area contributed by atoms with Crippen molar-refractivity contribution in [1.82, 2.24) is 4.98 Å². The van der Waals surface area contributed by atoms with E-state index in [0.717, 1.165) is 5.69 Å². The minimum absolute atomic E-state index is 0.0337. The van der Waals surface area contributed by atoms with Gasteiger partial charge in [-0.2, -0.15) is 0 Å². The van der Waals surface area contributed by atoms with E-state index in [1.807, 2.05) is 25.1 Å². The number of hydrogen-bond donors (Lipinski definition) is 1. The summed E-state index contributed by atoms with van der Waals surface area (Å²) < 4.78 is 0. The molecule has 0 unspecified atom stereocenters. The molecule has 0 spiro atoms. The number of aromatic nitrogens is 1. The molecule has 6 nitrogen and oxygen atoms in total. The number of aryl methyl sites for hydroxylation is 1. The molecule has 0 saturated heterocycles. The molecular weight excluding hydrogens is 314 g/mol. The lowest BCUT2D eigenvalue weighted by atomic mass is 10.1. The second-order valence-electron chi connectivity index (χ2n) is 4.82. The molecule has 0 aliphatic heterocycles. The van der Waals surface area contributed by atoms with Crippen molar-refractivity contribution in [2.75, 3.05) is 11.1 Å². The van der Waals surface area contributed by atoms with E-state index in [0.29, 0.717) is 23.4 Å². The van der Waals surface area contributed by atoms with Crippen LogP contribution in [0.1, 0.15) is 18.2 Å². The number of rotatable bonds is 7. The zero-order valence-corrected chi connectivity index (χ0v) is 13.5. The number of carbonyl (C=O) groups excluding carboxylic acids is 1. The van der Waals surface area contributed by atoms with E-state index in [2.05, 4.69) is 10.3 Å². The van der Waals surface area contributed by atoms with Crippen LogP contribution in [0.4, 0.5) is 11.4 Å². The number of nitrogens with zero attached hydrogens (tertiary/aromatic N) is 2. The molecule has 23 heavy (non-hydrogen) atoms. The smallest absolute Gasteiger partial charge is 0.274 e. The number of benzene rings is 1. The maximum absolute atomic E-state index is 11.9. The molecule has 0 saturated carbocycles. The molecule has 1 aromatic heterocycles. The number of nitrogens with one attached hydrogen (secondary N) is 1. The number of pyridine rings is 1. The summed E-state index contributed by atoms with van der Waals surface area (Å²) in [5.74, 6) is 0.716. The molecule has 7 heteroatoms. The van der Waals surface area contributed by atoms with Gasteiger partial charge in [-0.25, -0.2) is 0 Å². The summed E-state index contributed by atoms with van der Waals surface area (Å²) in [6, 6.07) is 10.4. The monoisotopic (exact) mass is 331 g/mol. The van der Waals surface area contributed by atoms with Crippen LogP contribution in [0.5, 0.6) is 0 Å². The van der Waals surface area contributed by atoms with Crippen LogP contribution >= 0.6 is 11.8 Å². The fourth-order valence-corrected chi connectivity index (χ4v) is 2.78. The van der Waals surface area contributed by atoms with Crippen LogP contribution in [0.25, 0.3) is 0 Å². The summed E-state index contributed by atoms with van der Waals surface area (Å²) in [5, 5.41) is 13.7. The summed E-state index contributed by atoms with van der Waals surface area (Å²) in [6.07, 6.45) is 2.29. The molecule has 2 rings (SSSR count). The molecule has 0 bridgehead atoms. The van der Waals surface area contributed by atoms with Gasteiger partial charge in [-0.1, -0.05) is 19.1 Å². The van der Waals surface area contributed by atoms with Gasteiger partial charge in [0.1, 0.15) is 0 Å². The van der Waals surface area contributed by atoms with Crippen molar-refractivity contribution in [3.8, 4) is 0 Å². The topological polar surface area (TPSA) is 85.1 Å². The van der Waals surface area contributed by atoms with Gasteiger partial charge in [-0.05, 0) is 24.6 Å². The lowest BCUT2D eigenvalue weighted by Gasteiger charge is -2.07. The summed E-state index contributed by atoms with van der Waals surface area (Å²) in [7, 11) is 0. The Kier molecular flexibility index (Phi) is 6.10. The van der Waals surface area contributed by atoms with Crippen molar-refractivity contribution < 1.29 is 9.72 Å². The first kappa shape index (κ1) is 17.0. The van der Waals surface area contributed by atoms with Crippen molar-refractivity contribution in [1.29, 1.82) is 0 Å². The van der Waals surface area contributed by atoms with Gasteiger partial charge < -0.3 is 5.32 Å². The fraction of sp³-hybridized carbons (Fsp3) is 0.250. The van der Waals surface area contributed by atoms with E-state index in [1.54, 1.807) is 18.3 Å². The third-order valence-electron chi connectivity index (χ3n) is 3.16. The molecule has 0 radical (unpaired) electrons. The van der Waals surface area contributed by atoms with Gasteiger partial charge in [0.15, 0.2) is 0 Å². The molecule has 0 aliphatic carbocycles. The van der Waals surface area contributed by atoms with Crippen LogP contribution in [0.2, 0.25) is 0 Å². The van der Waals surface area contributed by atoms with Crippen molar-refractivity contribution in [3.63, 3.8) is 0 Å². The van der Waals surface area contributed by atoms with Crippen LogP contribution in [0, 0.1) is 10.1 Å². The Hall–Kier alpha value is -2.41. The van der Waals surface area contributed by atoms with Gasteiger partial charge >= 0.3 is 0 Å². The zero-order valence-electron chi connectivity index (χ0n) is 12.7. The van der Waals surface area contributed by atoms with Crippen molar-refractivity contribution in [2.45, 2.75) is 19.1 Å². The molecule has 0 fully saturated rings. The van der Waals surface area contributed by atoms with E-state index in [-0.39, 0.29) is 17.3 Å². The van der Waals surface area contributed by atoms with Crippen LogP contribution in [0.15, 0.2) is 42.6 Å². The number of anilines is 1. The van der Waals surface area contributed by atoms with Crippen LogP contribution in [-0.2, 0) is 17.0 Å². The van der Waals surface area contributed by atoms with E-state index >= 15 is 0 Å². The maximum atomic E-state index is 11.9. The summed E-state index contributed by atoms with van der Waals surface area (Å²) in [5.41, 5.74) is 2.04. The molecule has 2 aromatic rings. The highest BCUT2D eigenvalue weighted by Crippen LogP contribution is 2.23. The first-order chi connectivity index (χ1) is 11.1. The van der Waals surface area contributed by atoms with E-state index < -0.39 is 4.92 Å². The minimum atomic E-state index is -0.426. The summed E-state index contributed by atoms with van der Waals surface area (Å²) in [4.78, 5) is 26.7. The maximum Gasteiger partial charge on any atom is 0.274 e. The molecule has 0 aliphatic rings. The number of hydrogen-bond acceptors (Lipinski definition) is 5. The van der Waals surface area contributed by atoms with E-state index in [4.69, 9.17) is 0 Å². The normalized spacial score (nSPS) is 10.3. The summed E-state index contributed by atoms with van der Waals surface area (Å²) >= 11 is 1.44. The Morgan fingerprint density at radius 1 is 1.35 bits per heavy atom. The Bertz CT molecular complexity index is 692. The van der Waals surface area contributed by atoms with E-state index in [1.165, 1.54) is 17.8 Å². The van der Waals surface area contributed by atoms with Crippen molar-refractivity contribution in [3.05, 3.63) is 64.0 Å². The zero-order chi connectivity index (χ0) is 16.7. The lowest BCUT2D eigenvalue weighted by Crippen LogP contribution is -2.14. The average molecular weight is 331 g/mol.